The lowest BCUT2D eigenvalue weighted by atomic mass is 10.1. The molecule has 11 heteroatoms. The average Bonchev–Trinajstić information content (AvgIpc) is 2.66. The van der Waals surface area contributed by atoms with Crippen molar-refractivity contribution in [2.45, 2.75) is 25.3 Å². The molecule has 1 atom stereocenters. The Labute approximate surface area is 172 Å². The second-order valence-electron chi connectivity index (χ2n) is 6.05. The van der Waals surface area contributed by atoms with Crippen LogP contribution in [0.4, 0.5) is 11.4 Å². The van der Waals surface area contributed by atoms with Gasteiger partial charge in [0.15, 0.2) is 0 Å². The van der Waals surface area contributed by atoms with Crippen LogP contribution in [0.25, 0.3) is 0 Å². The summed E-state index contributed by atoms with van der Waals surface area (Å²) in [6, 6.07) is 2.80. The van der Waals surface area contributed by atoms with Gasteiger partial charge in [-0.15, -0.1) is 0 Å². The van der Waals surface area contributed by atoms with Crippen molar-refractivity contribution in [1.29, 1.82) is 0 Å². The number of carboxylic acid groups (broad SMARTS) is 2. The largest absolute Gasteiger partial charge is 0.481 e. The molecular weight excluding hydrogens is 402 g/mol. The Bertz CT molecular complexity index is 742. The summed E-state index contributed by atoms with van der Waals surface area (Å²) in [7, 11) is 1.61. The molecule has 2 amide bonds. The number of rotatable bonds is 13. The van der Waals surface area contributed by atoms with Crippen molar-refractivity contribution in [2.75, 3.05) is 36.3 Å². The van der Waals surface area contributed by atoms with E-state index in [4.69, 9.17) is 20.7 Å². The third-order valence-corrected chi connectivity index (χ3v) is 4.75. The number of hydrogen-bond donors (Lipinski definition) is 5. The van der Waals surface area contributed by atoms with E-state index in [0.717, 1.165) is 12.2 Å². The van der Waals surface area contributed by atoms with E-state index in [-0.39, 0.29) is 35.0 Å². The van der Waals surface area contributed by atoms with Crippen LogP contribution in [0.1, 0.15) is 29.6 Å². The van der Waals surface area contributed by atoms with Gasteiger partial charge >= 0.3 is 11.9 Å². The molecule has 1 unspecified atom stereocenters. The first-order valence-electron chi connectivity index (χ1n) is 8.76. The Morgan fingerprint density at radius 1 is 1.24 bits per heavy atom. The number of nitrogens with two attached hydrogens (primary N) is 1. The maximum Gasteiger partial charge on any atom is 0.326 e. The fraction of sp³-hybridized carbons (Fsp3) is 0.444. The van der Waals surface area contributed by atoms with E-state index in [2.05, 4.69) is 10.6 Å². The molecule has 0 spiro atoms. The minimum atomic E-state index is -1.35. The zero-order valence-corrected chi connectivity index (χ0v) is 16.8. The number of aliphatic carboxylic acids is 2. The normalized spacial score (nSPS) is 11.5. The molecule has 0 aliphatic heterocycles. The second-order valence-corrected chi connectivity index (χ2v) is 7.15. The molecule has 0 saturated heterocycles. The Morgan fingerprint density at radius 3 is 2.59 bits per heavy atom. The zero-order chi connectivity index (χ0) is 21.8. The Hall–Kier alpha value is -2.79. The molecule has 0 bridgehead atoms. The number of carboxylic acids is 2. The summed E-state index contributed by atoms with van der Waals surface area (Å²) in [6.07, 6.45) is 0.163. The second kappa shape index (κ2) is 12.6. The summed E-state index contributed by atoms with van der Waals surface area (Å²) in [5.41, 5.74) is 6.40. The number of anilines is 2. The van der Waals surface area contributed by atoms with Gasteiger partial charge < -0.3 is 31.3 Å². The average molecular weight is 427 g/mol. The standard InChI is InChI=1S/C18H25N3O7S/c1-28-7-2-8-29-10-15(22)20-14-9-11(3-4-12(14)19)17(25)21-13(18(26)27)5-6-16(23)24/h3-4,9,13H,2,5-8,10,19H2,1H3,(H,20,22)(H,21,25)(H,23,24)(H,26,27). The molecule has 0 heterocycles. The predicted octanol–water partition coefficient (Wildman–Crippen LogP) is 1.02. The number of benzene rings is 1. The predicted molar refractivity (Wildman–Crippen MR) is 109 cm³/mol. The Morgan fingerprint density at radius 2 is 1.97 bits per heavy atom. The molecule has 0 aliphatic carbocycles. The lowest BCUT2D eigenvalue weighted by Crippen LogP contribution is -2.41. The molecule has 0 fully saturated rings. The van der Waals surface area contributed by atoms with Gasteiger partial charge in [0.1, 0.15) is 6.04 Å². The maximum absolute atomic E-state index is 12.3. The van der Waals surface area contributed by atoms with Gasteiger partial charge in [-0.25, -0.2) is 4.79 Å². The monoisotopic (exact) mass is 427 g/mol. The third-order valence-electron chi connectivity index (χ3n) is 3.71. The molecule has 29 heavy (non-hydrogen) atoms. The van der Waals surface area contributed by atoms with Gasteiger partial charge in [0.2, 0.25) is 5.91 Å². The van der Waals surface area contributed by atoms with Gasteiger partial charge in [-0.3, -0.25) is 14.4 Å². The number of nitrogen functional groups attached to an aromatic ring is 1. The van der Waals surface area contributed by atoms with Crippen molar-refractivity contribution >= 4 is 46.9 Å². The smallest absolute Gasteiger partial charge is 0.326 e. The molecule has 0 saturated carbocycles. The SMILES string of the molecule is COCCCSCC(=O)Nc1cc(C(=O)NC(CCC(=O)O)C(=O)O)ccc1N. The van der Waals surface area contributed by atoms with Crippen LogP contribution in [0.5, 0.6) is 0 Å². The maximum atomic E-state index is 12.3. The number of nitrogens with one attached hydrogen (secondary N) is 2. The van der Waals surface area contributed by atoms with Gasteiger partial charge in [0.25, 0.3) is 5.91 Å². The van der Waals surface area contributed by atoms with Crippen LogP contribution in [0.2, 0.25) is 0 Å². The minimum Gasteiger partial charge on any atom is -0.481 e. The fourth-order valence-electron chi connectivity index (χ4n) is 2.23. The lowest BCUT2D eigenvalue weighted by Gasteiger charge is -2.15. The van der Waals surface area contributed by atoms with Crippen molar-refractivity contribution in [3.63, 3.8) is 0 Å². The molecule has 0 radical (unpaired) electrons. The van der Waals surface area contributed by atoms with E-state index in [0.29, 0.717) is 6.61 Å². The van der Waals surface area contributed by atoms with Gasteiger partial charge in [-0.1, -0.05) is 0 Å². The van der Waals surface area contributed by atoms with Crippen LogP contribution in [-0.2, 0) is 19.1 Å². The number of methoxy groups -OCH3 is 1. The van der Waals surface area contributed by atoms with Crippen LogP contribution in [0, 0.1) is 0 Å². The third kappa shape index (κ3) is 9.30. The van der Waals surface area contributed by atoms with Gasteiger partial charge in [0, 0.05) is 25.7 Å². The molecule has 1 rings (SSSR count). The highest BCUT2D eigenvalue weighted by atomic mass is 32.2. The first kappa shape index (κ1) is 24.2. The van der Waals surface area contributed by atoms with E-state index >= 15 is 0 Å². The summed E-state index contributed by atoms with van der Waals surface area (Å²) >= 11 is 1.43. The number of carbonyl (C=O) groups excluding carboxylic acids is 2. The van der Waals surface area contributed by atoms with Crippen molar-refractivity contribution in [3.8, 4) is 0 Å². The van der Waals surface area contributed by atoms with Crippen LogP contribution >= 0.6 is 11.8 Å². The molecule has 6 N–H and O–H groups in total. The summed E-state index contributed by atoms with van der Waals surface area (Å²) in [4.78, 5) is 46.2. The van der Waals surface area contributed by atoms with E-state index in [1.165, 1.54) is 30.0 Å². The first-order chi connectivity index (χ1) is 13.7. The number of amides is 2. The number of carbonyl (C=O) groups is 4. The number of ether oxygens (including phenoxy) is 1. The van der Waals surface area contributed by atoms with Crippen molar-refractivity contribution in [1.82, 2.24) is 5.32 Å². The van der Waals surface area contributed by atoms with Gasteiger partial charge in [-0.2, -0.15) is 11.8 Å². The van der Waals surface area contributed by atoms with Gasteiger partial charge in [0.05, 0.1) is 17.1 Å². The molecule has 10 nitrogen and oxygen atoms in total. The van der Waals surface area contributed by atoms with Crippen LogP contribution in [0.15, 0.2) is 18.2 Å². The highest BCUT2D eigenvalue weighted by Crippen LogP contribution is 2.21. The lowest BCUT2D eigenvalue weighted by molar-refractivity contribution is -0.140. The molecule has 0 aliphatic rings. The summed E-state index contributed by atoms with van der Waals surface area (Å²) in [5.74, 6) is -2.55. The Balaban J connectivity index is 2.71. The van der Waals surface area contributed by atoms with Crippen molar-refractivity contribution in [2.24, 2.45) is 0 Å². The van der Waals surface area contributed by atoms with E-state index in [1.54, 1.807) is 7.11 Å². The highest BCUT2D eigenvalue weighted by molar-refractivity contribution is 7.99. The topological polar surface area (TPSA) is 168 Å². The number of hydrogen-bond acceptors (Lipinski definition) is 7. The summed E-state index contributed by atoms with van der Waals surface area (Å²) in [5, 5.41) is 22.7. The minimum absolute atomic E-state index is 0.0869. The molecule has 1 aromatic rings. The van der Waals surface area contributed by atoms with E-state index in [1.807, 2.05) is 0 Å². The van der Waals surface area contributed by atoms with Crippen LogP contribution in [-0.4, -0.2) is 65.2 Å². The van der Waals surface area contributed by atoms with Crippen molar-refractivity contribution in [3.05, 3.63) is 23.8 Å². The number of thioether (sulfide) groups is 1. The first-order valence-corrected chi connectivity index (χ1v) is 9.91. The summed E-state index contributed by atoms with van der Waals surface area (Å²) in [6.45, 7) is 0.614. The van der Waals surface area contributed by atoms with Crippen LogP contribution < -0.4 is 16.4 Å². The molecule has 0 aromatic heterocycles. The van der Waals surface area contributed by atoms with Gasteiger partial charge in [-0.05, 0) is 36.8 Å². The Kier molecular flexibility index (Phi) is 10.6. The van der Waals surface area contributed by atoms with E-state index < -0.39 is 30.3 Å². The quantitative estimate of drug-likeness (QED) is 0.228. The zero-order valence-electron chi connectivity index (χ0n) is 16.0. The molecule has 160 valence electrons. The van der Waals surface area contributed by atoms with E-state index in [9.17, 15) is 19.2 Å². The van der Waals surface area contributed by atoms with Crippen molar-refractivity contribution < 1.29 is 34.1 Å². The molecule has 1 aromatic carbocycles. The van der Waals surface area contributed by atoms with Crippen LogP contribution in [0.3, 0.4) is 0 Å². The fourth-order valence-corrected chi connectivity index (χ4v) is 2.95. The summed E-state index contributed by atoms with van der Waals surface area (Å²) < 4.78 is 4.93. The highest BCUT2D eigenvalue weighted by Gasteiger charge is 2.22. The molecular formula is C18H25N3O7S.